The Morgan fingerprint density at radius 1 is 1.41 bits per heavy atom. The largest absolute Gasteiger partial charge is 0.378 e. The van der Waals surface area contributed by atoms with Crippen molar-refractivity contribution in [3.63, 3.8) is 0 Å². The highest BCUT2D eigenvalue weighted by Crippen LogP contribution is 2.18. The number of carbonyl (C=O) groups excluding carboxylic acids is 1. The lowest BCUT2D eigenvalue weighted by molar-refractivity contribution is -0.122. The van der Waals surface area contributed by atoms with Crippen LogP contribution in [0.2, 0.25) is 0 Å². The van der Waals surface area contributed by atoms with E-state index in [0.29, 0.717) is 6.42 Å². The highest BCUT2D eigenvalue weighted by Gasteiger charge is 2.23. The first kappa shape index (κ1) is 15.2. The molecule has 1 aromatic heterocycles. The van der Waals surface area contributed by atoms with Crippen molar-refractivity contribution in [2.24, 2.45) is 0 Å². The lowest BCUT2D eigenvalue weighted by Gasteiger charge is -2.33. The first-order valence-electron chi connectivity index (χ1n) is 8.25. The third kappa shape index (κ3) is 4.16. The van der Waals surface area contributed by atoms with Crippen LogP contribution in [-0.4, -0.2) is 47.9 Å². The summed E-state index contributed by atoms with van der Waals surface area (Å²) in [5.74, 6) is 1.03. The second-order valence-electron chi connectivity index (χ2n) is 6.11. The SMILES string of the molecule is O=C(CC[C@H]1CCCO1)N[C@@H]1CCCN(c2cccnn2)C1. The Morgan fingerprint density at radius 3 is 3.14 bits per heavy atom. The van der Waals surface area contributed by atoms with E-state index in [9.17, 15) is 4.79 Å². The maximum absolute atomic E-state index is 12.1. The van der Waals surface area contributed by atoms with Crippen molar-refractivity contribution in [1.82, 2.24) is 15.5 Å². The molecule has 1 N–H and O–H groups in total. The van der Waals surface area contributed by atoms with Crippen molar-refractivity contribution in [3.8, 4) is 0 Å². The van der Waals surface area contributed by atoms with Crippen molar-refractivity contribution in [2.75, 3.05) is 24.6 Å². The Balaban J connectivity index is 1.44. The molecular formula is C16H24N4O2. The molecule has 0 unspecified atom stereocenters. The summed E-state index contributed by atoms with van der Waals surface area (Å²) in [6.45, 7) is 2.63. The summed E-state index contributed by atoms with van der Waals surface area (Å²) in [6, 6.07) is 4.06. The maximum Gasteiger partial charge on any atom is 0.220 e. The van der Waals surface area contributed by atoms with Crippen LogP contribution in [0.25, 0.3) is 0 Å². The second kappa shape index (κ2) is 7.54. The normalized spacial score (nSPS) is 25.2. The number of nitrogens with one attached hydrogen (secondary N) is 1. The minimum absolute atomic E-state index is 0.140. The summed E-state index contributed by atoms with van der Waals surface area (Å²) < 4.78 is 5.56. The zero-order chi connectivity index (χ0) is 15.2. The summed E-state index contributed by atoms with van der Waals surface area (Å²) in [6.07, 6.45) is 7.68. The van der Waals surface area contributed by atoms with Crippen LogP contribution in [0.3, 0.4) is 0 Å². The molecule has 1 aromatic rings. The fourth-order valence-electron chi connectivity index (χ4n) is 3.23. The van der Waals surface area contributed by atoms with E-state index in [1.54, 1.807) is 6.20 Å². The molecule has 6 nitrogen and oxygen atoms in total. The van der Waals surface area contributed by atoms with Gasteiger partial charge in [-0.3, -0.25) is 4.79 Å². The zero-order valence-corrected chi connectivity index (χ0v) is 12.9. The fourth-order valence-corrected chi connectivity index (χ4v) is 3.23. The Bertz CT molecular complexity index is 476. The molecule has 2 aliphatic rings. The van der Waals surface area contributed by atoms with E-state index in [-0.39, 0.29) is 18.1 Å². The van der Waals surface area contributed by atoms with Crippen LogP contribution >= 0.6 is 0 Å². The molecule has 1 amide bonds. The van der Waals surface area contributed by atoms with Gasteiger partial charge in [0.1, 0.15) is 0 Å². The Kier molecular flexibility index (Phi) is 5.21. The Hall–Kier alpha value is -1.69. The predicted molar refractivity (Wildman–Crippen MR) is 83.6 cm³/mol. The topological polar surface area (TPSA) is 67.3 Å². The van der Waals surface area contributed by atoms with E-state index in [1.807, 2.05) is 12.1 Å². The molecule has 2 aliphatic heterocycles. The fraction of sp³-hybridized carbons (Fsp3) is 0.688. The Labute approximate surface area is 131 Å². The lowest BCUT2D eigenvalue weighted by Crippen LogP contribution is -2.48. The lowest BCUT2D eigenvalue weighted by atomic mass is 10.0. The minimum Gasteiger partial charge on any atom is -0.378 e. The smallest absolute Gasteiger partial charge is 0.220 e. The van der Waals surface area contributed by atoms with Gasteiger partial charge in [-0.25, -0.2) is 0 Å². The third-order valence-electron chi connectivity index (χ3n) is 4.39. The number of ether oxygens (including phenoxy) is 1. The number of carbonyl (C=O) groups is 1. The van der Waals surface area contributed by atoms with Crippen LogP contribution in [0.1, 0.15) is 38.5 Å². The number of nitrogens with zero attached hydrogens (tertiary/aromatic N) is 3. The molecule has 0 spiro atoms. The monoisotopic (exact) mass is 304 g/mol. The van der Waals surface area contributed by atoms with Crippen LogP contribution in [0.4, 0.5) is 5.82 Å². The highest BCUT2D eigenvalue weighted by atomic mass is 16.5. The second-order valence-corrected chi connectivity index (χ2v) is 6.11. The van der Waals surface area contributed by atoms with Crippen molar-refractivity contribution in [3.05, 3.63) is 18.3 Å². The van der Waals surface area contributed by atoms with E-state index in [0.717, 1.165) is 57.6 Å². The van der Waals surface area contributed by atoms with Crippen molar-refractivity contribution in [1.29, 1.82) is 0 Å². The van der Waals surface area contributed by atoms with Crippen LogP contribution < -0.4 is 10.2 Å². The van der Waals surface area contributed by atoms with Gasteiger partial charge in [0.2, 0.25) is 5.91 Å². The number of anilines is 1. The summed E-state index contributed by atoms with van der Waals surface area (Å²) in [4.78, 5) is 14.3. The van der Waals surface area contributed by atoms with Gasteiger partial charge in [-0.05, 0) is 44.2 Å². The van der Waals surface area contributed by atoms with Crippen molar-refractivity contribution < 1.29 is 9.53 Å². The molecule has 22 heavy (non-hydrogen) atoms. The van der Waals surface area contributed by atoms with Crippen molar-refractivity contribution in [2.45, 2.75) is 50.7 Å². The van der Waals surface area contributed by atoms with Gasteiger partial charge in [-0.15, -0.1) is 5.10 Å². The molecule has 0 radical (unpaired) electrons. The van der Waals surface area contributed by atoms with E-state index in [4.69, 9.17) is 4.74 Å². The molecule has 0 bridgehead atoms. The van der Waals surface area contributed by atoms with Gasteiger partial charge >= 0.3 is 0 Å². The molecule has 0 aliphatic carbocycles. The minimum atomic E-state index is 0.140. The number of amides is 1. The predicted octanol–water partition coefficient (Wildman–Crippen LogP) is 1.52. The van der Waals surface area contributed by atoms with Gasteiger partial charge in [0.25, 0.3) is 0 Å². The zero-order valence-electron chi connectivity index (χ0n) is 12.9. The summed E-state index contributed by atoms with van der Waals surface area (Å²) in [5, 5.41) is 11.2. The maximum atomic E-state index is 12.1. The summed E-state index contributed by atoms with van der Waals surface area (Å²) >= 11 is 0. The Morgan fingerprint density at radius 2 is 2.36 bits per heavy atom. The average molecular weight is 304 g/mol. The van der Waals surface area contributed by atoms with Crippen LogP contribution in [0.15, 0.2) is 18.3 Å². The van der Waals surface area contributed by atoms with E-state index in [2.05, 4.69) is 20.4 Å². The van der Waals surface area contributed by atoms with Crippen molar-refractivity contribution >= 4 is 11.7 Å². The van der Waals surface area contributed by atoms with Crippen LogP contribution in [0.5, 0.6) is 0 Å². The molecule has 2 fully saturated rings. The van der Waals surface area contributed by atoms with Crippen LogP contribution in [-0.2, 0) is 9.53 Å². The quantitative estimate of drug-likeness (QED) is 0.893. The van der Waals surface area contributed by atoms with Gasteiger partial charge in [-0.2, -0.15) is 5.10 Å². The van der Waals surface area contributed by atoms with Gasteiger partial charge in [0, 0.05) is 38.4 Å². The van der Waals surface area contributed by atoms with Gasteiger partial charge in [0.15, 0.2) is 5.82 Å². The highest BCUT2D eigenvalue weighted by molar-refractivity contribution is 5.76. The summed E-state index contributed by atoms with van der Waals surface area (Å²) in [5.41, 5.74) is 0. The number of hydrogen-bond acceptors (Lipinski definition) is 5. The molecule has 120 valence electrons. The van der Waals surface area contributed by atoms with Gasteiger partial charge in [-0.1, -0.05) is 0 Å². The number of hydrogen-bond donors (Lipinski definition) is 1. The van der Waals surface area contributed by atoms with Gasteiger partial charge in [0.05, 0.1) is 6.10 Å². The first-order chi connectivity index (χ1) is 10.8. The molecule has 3 heterocycles. The first-order valence-corrected chi connectivity index (χ1v) is 8.25. The average Bonchev–Trinajstić information content (AvgIpc) is 3.08. The van der Waals surface area contributed by atoms with Gasteiger partial charge < -0.3 is 15.0 Å². The number of piperidine rings is 1. The van der Waals surface area contributed by atoms with Crippen LogP contribution in [0, 0.1) is 0 Å². The number of aromatic nitrogens is 2. The molecule has 3 rings (SSSR count). The third-order valence-corrected chi connectivity index (χ3v) is 4.39. The van der Waals surface area contributed by atoms with E-state index in [1.165, 1.54) is 0 Å². The van der Waals surface area contributed by atoms with E-state index >= 15 is 0 Å². The van der Waals surface area contributed by atoms with E-state index < -0.39 is 0 Å². The molecule has 2 atom stereocenters. The molecular weight excluding hydrogens is 280 g/mol. The molecule has 0 saturated carbocycles. The molecule has 2 saturated heterocycles. The molecule has 0 aromatic carbocycles. The summed E-state index contributed by atoms with van der Waals surface area (Å²) in [7, 11) is 0. The standard InChI is InChI=1S/C16H24N4O2/c21-16(8-7-14-5-3-11-22-14)18-13-4-2-10-20(12-13)15-6-1-9-17-19-15/h1,6,9,13-14H,2-5,7-8,10-12H2,(H,18,21)/t13-,14-/m1/s1. The molecule has 6 heteroatoms. The number of rotatable bonds is 5.